The zero-order valence-electron chi connectivity index (χ0n) is 6.77. The maximum Gasteiger partial charge on any atom is 0.319 e. The Morgan fingerprint density at radius 2 is 2.17 bits per heavy atom. The second-order valence-electron chi connectivity index (χ2n) is 2.28. The minimum Gasteiger partial charge on any atom is -0.527 e. The van der Waals surface area contributed by atoms with Crippen molar-refractivity contribution in [3.63, 3.8) is 0 Å². The molecule has 0 amide bonds. The fourth-order valence-electron chi connectivity index (χ4n) is 0.497. The lowest BCUT2D eigenvalue weighted by Gasteiger charge is -2.18. The molecule has 0 aromatic heterocycles. The summed E-state index contributed by atoms with van der Waals surface area (Å²) in [6, 6.07) is 0. The molecule has 0 rings (SSSR count). The molecule has 0 spiro atoms. The van der Waals surface area contributed by atoms with E-state index in [2.05, 4.69) is 11.0 Å². The molecule has 1 unspecified atom stereocenters. The zero-order valence-corrected chi connectivity index (χ0v) is 9.59. The topological polar surface area (TPSA) is 80.7 Å². The third kappa shape index (κ3) is 1.74. The highest BCUT2D eigenvalue weighted by Gasteiger charge is 2.43. The van der Waals surface area contributed by atoms with Gasteiger partial charge in [0, 0.05) is 0 Å². The van der Waals surface area contributed by atoms with E-state index in [-0.39, 0.29) is 10.5 Å². The Morgan fingerprint density at radius 3 is 2.25 bits per heavy atom. The van der Waals surface area contributed by atoms with Gasteiger partial charge in [-0.2, -0.15) is 8.42 Å². The molecular weight excluding hydrogens is 200 g/mol. The Balaban J connectivity index is 5.23. The second kappa shape index (κ2) is 3.38. The summed E-state index contributed by atoms with van der Waals surface area (Å²) in [6.07, 6.45) is 0.836. The number of rotatable bonds is 3. The average Bonchev–Trinajstić information content (AvgIpc) is 1.99. The minimum atomic E-state index is -4.50. The molecule has 0 aromatic rings. The molecule has 0 radical (unpaired) electrons. The summed E-state index contributed by atoms with van der Waals surface area (Å²) in [5, 5.41) is 0. The molecule has 0 bridgehead atoms. The Kier molecular flexibility index (Phi) is 3.19. The number of hydrogen-bond donors (Lipinski definition) is 1. The van der Waals surface area contributed by atoms with Gasteiger partial charge < -0.3 is 4.43 Å². The van der Waals surface area contributed by atoms with Crippen molar-refractivity contribution >= 4 is 26.6 Å². The summed E-state index contributed by atoms with van der Waals surface area (Å²) in [5.74, 6) is -1.01. The smallest absolute Gasteiger partial charge is 0.319 e. The largest absolute Gasteiger partial charge is 0.527 e. The molecule has 0 aliphatic carbocycles. The van der Waals surface area contributed by atoms with E-state index in [9.17, 15) is 13.2 Å². The molecule has 0 fully saturated rings. The monoisotopic (exact) mass is 210 g/mol. The number of carbonyl (C=O) groups excluding carboxylic acids is 1. The highest BCUT2D eigenvalue weighted by atomic mass is 32.2. The molecule has 70 valence electrons. The van der Waals surface area contributed by atoms with Crippen LogP contribution < -0.4 is 0 Å². The molecule has 5 nitrogen and oxygen atoms in total. The van der Waals surface area contributed by atoms with E-state index in [0.29, 0.717) is 0 Å². The molecule has 0 saturated carbocycles. The van der Waals surface area contributed by atoms with Crippen LogP contribution in [-0.4, -0.2) is 34.2 Å². The Bertz CT molecular complexity index is 295. The zero-order chi connectivity index (χ0) is 9.99. The maximum absolute atomic E-state index is 10.9. The molecule has 0 aromatic carbocycles. The van der Waals surface area contributed by atoms with Gasteiger partial charge in [0.2, 0.25) is 15.2 Å². The molecule has 0 heterocycles. The minimum absolute atomic E-state index is 0.0691. The van der Waals surface area contributed by atoms with Crippen LogP contribution in [0, 0.1) is 0 Å². The molecule has 0 aliphatic rings. The van der Waals surface area contributed by atoms with Gasteiger partial charge in [-0.1, -0.05) is 6.08 Å². The van der Waals surface area contributed by atoms with Gasteiger partial charge in [-0.25, -0.2) is 0 Å². The van der Waals surface area contributed by atoms with Crippen molar-refractivity contribution in [3.05, 3.63) is 12.7 Å². The van der Waals surface area contributed by atoms with Gasteiger partial charge in [0.25, 0.3) is 10.1 Å². The third-order valence-corrected chi connectivity index (χ3v) is 3.29. The van der Waals surface area contributed by atoms with E-state index in [0.717, 1.165) is 13.0 Å². The molecule has 7 heteroatoms. The second-order valence-corrected chi connectivity index (χ2v) is 4.48. The Labute approximate surface area is 73.7 Å². The summed E-state index contributed by atoms with van der Waals surface area (Å²) in [4.78, 5) is 10.9. The van der Waals surface area contributed by atoms with Crippen molar-refractivity contribution in [1.29, 1.82) is 0 Å². The van der Waals surface area contributed by atoms with Crippen molar-refractivity contribution in [3.8, 4) is 0 Å². The maximum atomic E-state index is 10.9. The first-order valence-electron chi connectivity index (χ1n) is 2.98. The molecule has 1 atom stereocenters. The molecule has 12 heavy (non-hydrogen) atoms. The summed E-state index contributed by atoms with van der Waals surface area (Å²) in [5.41, 5.74) is 0. The predicted molar refractivity (Wildman–Crippen MR) is 46.2 cm³/mol. The van der Waals surface area contributed by atoms with Gasteiger partial charge in [0.15, 0.2) is 0 Å². The fourth-order valence-corrected chi connectivity index (χ4v) is 1.57. The molecule has 0 saturated heterocycles. The van der Waals surface area contributed by atoms with E-state index >= 15 is 0 Å². The first kappa shape index (κ1) is 11.3. The van der Waals surface area contributed by atoms with E-state index in [4.69, 9.17) is 4.55 Å². The van der Waals surface area contributed by atoms with E-state index < -0.39 is 20.8 Å². The van der Waals surface area contributed by atoms with Gasteiger partial charge in [-0.15, -0.1) is 6.58 Å². The van der Waals surface area contributed by atoms with Crippen LogP contribution in [0.3, 0.4) is 0 Å². The van der Waals surface area contributed by atoms with Gasteiger partial charge in [0.05, 0.1) is 0 Å². The summed E-state index contributed by atoms with van der Waals surface area (Å²) >= 11 is 0. The summed E-state index contributed by atoms with van der Waals surface area (Å²) in [7, 11) is -4.43. The van der Waals surface area contributed by atoms with Gasteiger partial charge in [-0.05, 0) is 6.92 Å². The van der Waals surface area contributed by atoms with Crippen molar-refractivity contribution in [2.24, 2.45) is 0 Å². The Hall–Kier alpha value is -0.663. The van der Waals surface area contributed by atoms with E-state index in [1.807, 2.05) is 0 Å². The van der Waals surface area contributed by atoms with Gasteiger partial charge >= 0.3 is 5.97 Å². The van der Waals surface area contributed by atoms with E-state index in [1.54, 1.807) is 0 Å². The van der Waals surface area contributed by atoms with Crippen LogP contribution in [0.2, 0.25) is 0 Å². The van der Waals surface area contributed by atoms with Crippen molar-refractivity contribution < 1.29 is 22.2 Å². The van der Waals surface area contributed by atoms with Crippen LogP contribution in [0.1, 0.15) is 6.92 Å². The average molecular weight is 210 g/mol. The lowest BCUT2D eigenvalue weighted by Crippen LogP contribution is -2.42. The standard InChI is InChI=1S/C5H10O5SSi/c1-3-5(2,4(6)10-12)11(7,8)9/h3H,1H2,2,12H3,(H,7,8,9). The van der Waals surface area contributed by atoms with E-state index in [1.165, 1.54) is 0 Å². The first-order chi connectivity index (χ1) is 5.29. The number of hydrogen-bond acceptors (Lipinski definition) is 4. The quantitative estimate of drug-likeness (QED) is 0.353. The highest BCUT2D eigenvalue weighted by Crippen LogP contribution is 2.18. The predicted octanol–water partition coefficient (Wildman–Crippen LogP) is -1.36. The van der Waals surface area contributed by atoms with Crippen molar-refractivity contribution in [2.45, 2.75) is 11.7 Å². The third-order valence-electron chi connectivity index (χ3n) is 1.52. The van der Waals surface area contributed by atoms with Crippen LogP contribution in [0.15, 0.2) is 12.7 Å². The van der Waals surface area contributed by atoms with Gasteiger partial charge in [0.1, 0.15) is 0 Å². The van der Waals surface area contributed by atoms with Crippen molar-refractivity contribution in [1.82, 2.24) is 0 Å². The SMILES string of the molecule is C=CC(C)(C(=O)O[SiH3])S(=O)(=O)O. The molecule has 0 aliphatic heterocycles. The first-order valence-corrected chi connectivity index (χ1v) is 5.24. The molecule has 1 N–H and O–H groups in total. The number of carbonyl (C=O) groups is 1. The van der Waals surface area contributed by atoms with Crippen LogP contribution >= 0.6 is 0 Å². The lowest BCUT2D eigenvalue weighted by molar-refractivity contribution is -0.135. The lowest BCUT2D eigenvalue weighted by atomic mass is 10.2. The van der Waals surface area contributed by atoms with Crippen molar-refractivity contribution in [2.75, 3.05) is 0 Å². The summed E-state index contributed by atoms with van der Waals surface area (Å²) < 4.78 is 32.3. The normalized spacial score (nSPS) is 16.5. The van der Waals surface area contributed by atoms with Crippen LogP contribution in [-0.2, 0) is 19.3 Å². The van der Waals surface area contributed by atoms with Crippen LogP contribution in [0.5, 0.6) is 0 Å². The summed E-state index contributed by atoms with van der Waals surface area (Å²) in [6.45, 7) is 4.17. The highest BCUT2D eigenvalue weighted by molar-refractivity contribution is 7.88. The van der Waals surface area contributed by atoms with Crippen LogP contribution in [0.4, 0.5) is 0 Å². The molecular formula is C5H10O5SSi. The van der Waals surface area contributed by atoms with Crippen LogP contribution in [0.25, 0.3) is 0 Å². The fraction of sp³-hybridized carbons (Fsp3) is 0.400. The van der Waals surface area contributed by atoms with Gasteiger partial charge in [-0.3, -0.25) is 9.35 Å². The Morgan fingerprint density at radius 1 is 1.75 bits per heavy atom.